The van der Waals surface area contributed by atoms with Crippen molar-refractivity contribution in [2.45, 2.75) is 6.55 Å². The lowest BCUT2D eigenvalue weighted by Crippen LogP contribution is -2.46. The van der Waals surface area contributed by atoms with E-state index in [4.69, 9.17) is 0 Å². The van der Waals surface area contributed by atoms with Gasteiger partial charge in [0.15, 0.2) is 0 Å². The van der Waals surface area contributed by atoms with Gasteiger partial charge >= 0.3 is 0 Å². The van der Waals surface area contributed by atoms with E-state index in [0.717, 1.165) is 13.1 Å². The van der Waals surface area contributed by atoms with Crippen LogP contribution in [0.1, 0.15) is 0 Å². The lowest BCUT2D eigenvalue weighted by Gasteiger charge is -2.25. The van der Waals surface area contributed by atoms with Crippen LogP contribution in [0.5, 0.6) is 0 Å². The van der Waals surface area contributed by atoms with Gasteiger partial charge < -0.3 is 4.57 Å². The Bertz CT molecular complexity index is 298. The normalized spacial score (nSPS) is 12.4. The second-order valence-electron chi connectivity index (χ2n) is 3.62. The summed E-state index contributed by atoms with van der Waals surface area (Å²) in [5.41, 5.74) is 0. The molecule has 0 radical (unpaired) electrons. The first-order valence-electron chi connectivity index (χ1n) is 5.30. The maximum Gasteiger partial charge on any atom is 0.141 e. The van der Waals surface area contributed by atoms with Gasteiger partial charge in [-0.25, -0.2) is 0 Å². The van der Waals surface area contributed by atoms with Crippen LogP contribution >= 0.6 is 0 Å². The molecule has 0 N–H and O–H groups in total. The quantitative estimate of drug-likeness (QED) is 0.520. The Labute approximate surface area is 94.4 Å². The Balaban J connectivity index is 2.75. The highest BCUT2D eigenvalue weighted by Gasteiger charge is 2.14. The Morgan fingerprint density at radius 1 is 1.13 bits per heavy atom. The van der Waals surface area contributed by atoms with Gasteiger partial charge in [0.05, 0.1) is 0 Å². The van der Waals surface area contributed by atoms with Crippen molar-refractivity contribution >= 4 is 14.1 Å². The minimum atomic E-state index is -1.02. The van der Waals surface area contributed by atoms with Crippen molar-refractivity contribution in [3.63, 3.8) is 0 Å². The third-order valence-corrected chi connectivity index (χ3v) is 5.42. The maximum atomic E-state index is 3.81. The van der Waals surface area contributed by atoms with Gasteiger partial charge in [-0.1, -0.05) is 49.0 Å². The standard InChI is InChI=1S/C13H19NSi/c1-4-11-14(12-5-2)15(3)13-9-7-6-8-10-13/h4-10,15H,1-2,11-12H2,3H3/t15-/m0/s1. The molecule has 0 saturated heterocycles. The predicted octanol–water partition coefficient (Wildman–Crippen LogP) is 1.92. The smallest absolute Gasteiger partial charge is 0.141 e. The predicted molar refractivity (Wildman–Crippen MR) is 71.1 cm³/mol. The monoisotopic (exact) mass is 217 g/mol. The summed E-state index contributed by atoms with van der Waals surface area (Å²) in [5.74, 6) is 0. The first-order valence-corrected chi connectivity index (χ1v) is 7.55. The van der Waals surface area contributed by atoms with Gasteiger partial charge in [-0.15, -0.1) is 13.2 Å². The average Bonchev–Trinajstić information content (AvgIpc) is 2.29. The van der Waals surface area contributed by atoms with Crippen molar-refractivity contribution in [1.82, 2.24) is 4.57 Å². The Morgan fingerprint density at radius 2 is 1.67 bits per heavy atom. The lowest BCUT2D eigenvalue weighted by atomic mass is 10.4. The van der Waals surface area contributed by atoms with Gasteiger partial charge in [0.2, 0.25) is 0 Å². The summed E-state index contributed by atoms with van der Waals surface area (Å²) in [6.45, 7) is 11.9. The minimum absolute atomic E-state index is 0.953. The molecule has 0 aliphatic heterocycles. The van der Waals surface area contributed by atoms with Crippen LogP contribution < -0.4 is 5.19 Å². The Kier molecular flexibility index (Phi) is 5.08. The summed E-state index contributed by atoms with van der Waals surface area (Å²) in [5, 5.41) is 1.47. The van der Waals surface area contributed by atoms with Crippen molar-refractivity contribution in [3.8, 4) is 0 Å². The molecule has 0 unspecified atom stereocenters. The largest absolute Gasteiger partial charge is 0.316 e. The summed E-state index contributed by atoms with van der Waals surface area (Å²) in [4.78, 5) is 0. The summed E-state index contributed by atoms with van der Waals surface area (Å²) in [7, 11) is -1.02. The van der Waals surface area contributed by atoms with Gasteiger partial charge in [-0.3, -0.25) is 0 Å². The highest BCUT2D eigenvalue weighted by Crippen LogP contribution is 1.97. The molecule has 1 atom stereocenters. The zero-order valence-corrected chi connectivity index (χ0v) is 10.5. The molecular weight excluding hydrogens is 198 g/mol. The molecule has 1 nitrogen and oxygen atoms in total. The van der Waals surface area contributed by atoms with E-state index >= 15 is 0 Å². The molecule has 0 aliphatic rings. The van der Waals surface area contributed by atoms with Crippen LogP contribution in [0.4, 0.5) is 0 Å². The topological polar surface area (TPSA) is 3.24 Å². The van der Waals surface area contributed by atoms with Crippen molar-refractivity contribution in [2.75, 3.05) is 13.1 Å². The second-order valence-corrected chi connectivity index (χ2v) is 6.37. The van der Waals surface area contributed by atoms with Crippen LogP contribution in [-0.4, -0.2) is 26.6 Å². The second kappa shape index (κ2) is 6.38. The van der Waals surface area contributed by atoms with Crippen LogP contribution in [0, 0.1) is 0 Å². The number of nitrogens with zero attached hydrogens (tertiary/aromatic N) is 1. The molecular formula is C13H19NSi. The SMILES string of the molecule is C=CCN(CC=C)[Si@@H](C)c1ccccc1. The fourth-order valence-corrected chi connectivity index (χ4v) is 3.80. The summed E-state index contributed by atoms with van der Waals surface area (Å²) in [6, 6.07) is 10.7. The molecule has 0 fully saturated rings. The van der Waals surface area contributed by atoms with Gasteiger partial charge in [0.25, 0.3) is 0 Å². The lowest BCUT2D eigenvalue weighted by molar-refractivity contribution is 0.538. The van der Waals surface area contributed by atoms with Crippen molar-refractivity contribution in [3.05, 3.63) is 55.6 Å². The molecule has 0 saturated carbocycles. The van der Waals surface area contributed by atoms with Gasteiger partial charge in [-0.05, 0) is 5.19 Å². The highest BCUT2D eigenvalue weighted by molar-refractivity contribution is 6.69. The highest BCUT2D eigenvalue weighted by atomic mass is 28.3. The molecule has 0 aromatic heterocycles. The Hall–Kier alpha value is -1.12. The number of hydrogen-bond acceptors (Lipinski definition) is 1. The number of benzene rings is 1. The fraction of sp³-hybridized carbons (Fsp3) is 0.231. The van der Waals surface area contributed by atoms with Gasteiger partial charge in [-0.2, -0.15) is 0 Å². The number of rotatable bonds is 6. The third kappa shape index (κ3) is 3.50. The first kappa shape index (κ1) is 11.9. The van der Waals surface area contributed by atoms with E-state index in [9.17, 15) is 0 Å². The summed E-state index contributed by atoms with van der Waals surface area (Å²) >= 11 is 0. The van der Waals surface area contributed by atoms with E-state index in [1.54, 1.807) is 0 Å². The molecule has 1 aromatic carbocycles. The fourth-order valence-electron chi connectivity index (χ4n) is 1.66. The van der Waals surface area contributed by atoms with E-state index in [0.29, 0.717) is 0 Å². The van der Waals surface area contributed by atoms with Crippen LogP contribution in [0.25, 0.3) is 0 Å². The molecule has 2 heteroatoms. The van der Waals surface area contributed by atoms with Crippen molar-refractivity contribution in [2.24, 2.45) is 0 Å². The minimum Gasteiger partial charge on any atom is -0.316 e. The van der Waals surface area contributed by atoms with Crippen molar-refractivity contribution in [1.29, 1.82) is 0 Å². The van der Waals surface area contributed by atoms with E-state index in [2.05, 4.69) is 54.6 Å². The molecule has 0 aliphatic carbocycles. The Morgan fingerprint density at radius 3 is 2.13 bits per heavy atom. The first-order chi connectivity index (χ1) is 7.29. The van der Waals surface area contributed by atoms with Crippen LogP contribution in [0.15, 0.2) is 55.6 Å². The summed E-state index contributed by atoms with van der Waals surface area (Å²) < 4.78 is 2.47. The zero-order valence-electron chi connectivity index (χ0n) is 9.39. The van der Waals surface area contributed by atoms with Crippen LogP contribution in [0.3, 0.4) is 0 Å². The van der Waals surface area contributed by atoms with E-state index in [1.807, 2.05) is 12.2 Å². The van der Waals surface area contributed by atoms with E-state index in [-0.39, 0.29) is 0 Å². The van der Waals surface area contributed by atoms with Crippen LogP contribution in [-0.2, 0) is 0 Å². The molecule has 0 spiro atoms. The van der Waals surface area contributed by atoms with Crippen LogP contribution in [0.2, 0.25) is 6.55 Å². The third-order valence-electron chi connectivity index (χ3n) is 2.56. The maximum absolute atomic E-state index is 3.81. The van der Waals surface area contributed by atoms with Gasteiger partial charge in [0.1, 0.15) is 8.96 Å². The zero-order chi connectivity index (χ0) is 11.1. The molecule has 0 amide bonds. The average molecular weight is 217 g/mol. The molecule has 0 bridgehead atoms. The van der Waals surface area contributed by atoms with E-state index < -0.39 is 8.96 Å². The molecule has 80 valence electrons. The van der Waals surface area contributed by atoms with E-state index in [1.165, 1.54) is 5.19 Å². The molecule has 1 aromatic rings. The molecule has 0 heterocycles. The van der Waals surface area contributed by atoms with Crippen molar-refractivity contribution < 1.29 is 0 Å². The van der Waals surface area contributed by atoms with Gasteiger partial charge in [0, 0.05) is 13.1 Å². The summed E-state index contributed by atoms with van der Waals surface area (Å²) in [6.07, 6.45) is 3.94. The number of hydrogen-bond donors (Lipinski definition) is 0. The molecule has 1 rings (SSSR count). The molecule has 15 heavy (non-hydrogen) atoms.